The summed E-state index contributed by atoms with van der Waals surface area (Å²) >= 11 is 5.37. The zero-order chi connectivity index (χ0) is 15.6. The van der Waals surface area contributed by atoms with E-state index < -0.39 is 0 Å². The van der Waals surface area contributed by atoms with E-state index in [1.165, 1.54) is 10.8 Å². The van der Waals surface area contributed by atoms with E-state index in [9.17, 15) is 0 Å². The van der Waals surface area contributed by atoms with E-state index >= 15 is 0 Å². The van der Waals surface area contributed by atoms with Crippen molar-refractivity contribution in [2.45, 2.75) is 0 Å². The number of hydrogen-bond donors (Lipinski definition) is 2. The molecule has 4 nitrogen and oxygen atoms in total. The highest BCUT2D eigenvalue weighted by molar-refractivity contribution is 7.80. The van der Waals surface area contributed by atoms with Crippen molar-refractivity contribution in [3.8, 4) is 11.5 Å². The Hall–Kier alpha value is -2.79. The molecular formula is C18H14N2O2S. The summed E-state index contributed by atoms with van der Waals surface area (Å²) in [6.07, 6.45) is 0. The highest BCUT2D eigenvalue weighted by Crippen LogP contribution is 2.34. The van der Waals surface area contributed by atoms with Crippen LogP contribution in [0.3, 0.4) is 0 Å². The standard InChI is InChI=1S/C18H14N2O2S/c23-18(20-15-7-8-16-17(10-15)22-11-21-16)19-14-6-5-12-3-1-2-4-13(12)9-14/h1-10H,11H2,(H2,19,20,23). The average Bonchev–Trinajstić information content (AvgIpc) is 3.02. The lowest BCUT2D eigenvalue weighted by Crippen LogP contribution is -2.18. The summed E-state index contributed by atoms with van der Waals surface area (Å²) in [5.74, 6) is 1.48. The summed E-state index contributed by atoms with van der Waals surface area (Å²) in [7, 11) is 0. The van der Waals surface area contributed by atoms with Crippen molar-refractivity contribution in [2.75, 3.05) is 17.4 Å². The third-order valence-electron chi connectivity index (χ3n) is 3.64. The van der Waals surface area contributed by atoms with E-state index in [4.69, 9.17) is 21.7 Å². The molecule has 0 amide bonds. The van der Waals surface area contributed by atoms with E-state index in [1.54, 1.807) is 0 Å². The van der Waals surface area contributed by atoms with Crippen molar-refractivity contribution in [2.24, 2.45) is 0 Å². The van der Waals surface area contributed by atoms with Gasteiger partial charge in [-0.1, -0.05) is 30.3 Å². The average molecular weight is 322 g/mol. The Balaban J connectivity index is 1.48. The lowest BCUT2D eigenvalue weighted by Gasteiger charge is -2.11. The first kappa shape index (κ1) is 13.8. The van der Waals surface area contributed by atoms with E-state index in [0.29, 0.717) is 5.11 Å². The Kier molecular flexibility index (Phi) is 3.48. The zero-order valence-corrected chi connectivity index (χ0v) is 13.0. The Bertz CT molecular complexity index is 895. The predicted octanol–water partition coefficient (Wildman–Crippen LogP) is 4.38. The third-order valence-corrected chi connectivity index (χ3v) is 3.84. The molecule has 1 aliphatic rings. The molecule has 114 valence electrons. The van der Waals surface area contributed by atoms with E-state index in [1.807, 2.05) is 36.4 Å². The summed E-state index contributed by atoms with van der Waals surface area (Å²) in [5, 5.41) is 9.25. The van der Waals surface area contributed by atoms with Gasteiger partial charge in [0.1, 0.15) is 0 Å². The minimum absolute atomic E-state index is 0.262. The molecule has 1 aliphatic heterocycles. The first-order valence-electron chi connectivity index (χ1n) is 7.24. The van der Waals surface area contributed by atoms with Gasteiger partial charge in [-0.2, -0.15) is 0 Å². The first-order valence-corrected chi connectivity index (χ1v) is 7.65. The van der Waals surface area contributed by atoms with E-state index in [2.05, 4.69) is 34.9 Å². The molecule has 0 saturated carbocycles. The molecule has 4 rings (SSSR count). The van der Waals surface area contributed by atoms with Gasteiger partial charge in [0, 0.05) is 17.4 Å². The van der Waals surface area contributed by atoms with Crippen LogP contribution in [0.4, 0.5) is 11.4 Å². The molecule has 0 saturated heterocycles. The molecule has 0 atom stereocenters. The van der Waals surface area contributed by atoms with Gasteiger partial charge >= 0.3 is 0 Å². The second kappa shape index (κ2) is 5.78. The number of rotatable bonds is 2. The maximum atomic E-state index is 5.37. The van der Waals surface area contributed by atoms with Gasteiger partial charge < -0.3 is 20.1 Å². The lowest BCUT2D eigenvalue weighted by atomic mass is 10.1. The van der Waals surface area contributed by atoms with Crippen LogP contribution in [0.15, 0.2) is 60.7 Å². The second-order valence-corrected chi connectivity index (χ2v) is 5.62. The molecule has 0 radical (unpaired) electrons. The molecule has 0 aliphatic carbocycles. The Labute approximate surface area is 139 Å². The SMILES string of the molecule is S=C(Nc1ccc2c(c1)OCO2)Nc1ccc2ccccc2c1. The molecule has 0 spiro atoms. The highest BCUT2D eigenvalue weighted by Gasteiger charge is 2.13. The fourth-order valence-electron chi connectivity index (χ4n) is 2.53. The molecule has 0 aromatic heterocycles. The Morgan fingerprint density at radius 1 is 0.783 bits per heavy atom. The van der Waals surface area contributed by atoms with E-state index in [0.717, 1.165) is 22.9 Å². The van der Waals surface area contributed by atoms with Crippen molar-refractivity contribution < 1.29 is 9.47 Å². The highest BCUT2D eigenvalue weighted by atomic mass is 32.1. The number of nitrogens with one attached hydrogen (secondary N) is 2. The van der Waals surface area contributed by atoms with Crippen molar-refractivity contribution >= 4 is 39.5 Å². The fourth-order valence-corrected chi connectivity index (χ4v) is 2.77. The van der Waals surface area contributed by atoms with Crippen LogP contribution in [-0.4, -0.2) is 11.9 Å². The molecule has 23 heavy (non-hydrogen) atoms. The molecule has 0 fully saturated rings. The Morgan fingerprint density at radius 2 is 1.48 bits per heavy atom. The third kappa shape index (κ3) is 2.91. The molecule has 5 heteroatoms. The van der Waals surface area contributed by atoms with Crippen molar-refractivity contribution in [1.82, 2.24) is 0 Å². The van der Waals surface area contributed by atoms with Crippen LogP contribution < -0.4 is 20.1 Å². The van der Waals surface area contributed by atoms with Crippen LogP contribution in [0.2, 0.25) is 0 Å². The quantitative estimate of drug-likeness (QED) is 0.686. The minimum Gasteiger partial charge on any atom is -0.454 e. The minimum atomic E-state index is 0.262. The lowest BCUT2D eigenvalue weighted by molar-refractivity contribution is 0.174. The number of anilines is 2. The predicted molar refractivity (Wildman–Crippen MR) is 96.4 cm³/mol. The number of hydrogen-bond acceptors (Lipinski definition) is 3. The molecule has 1 heterocycles. The Morgan fingerprint density at radius 3 is 2.35 bits per heavy atom. The van der Waals surface area contributed by atoms with Gasteiger partial charge in [-0.15, -0.1) is 0 Å². The van der Waals surface area contributed by atoms with Gasteiger partial charge in [0.2, 0.25) is 6.79 Å². The fraction of sp³-hybridized carbons (Fsp3) is 0.0556. The number of fused-ring (bicyclic) bond motifs is 2. The van der Waals surface area contributed by atoms with Gasteiger partial charge in [-0.05, 0) is 47.3 Å². The van der Waals surface area contributed by atoms with Crippen LogP contribution in [-0.2, 0) is 0 Å². The monoisotopic (exact) mass is 322 g/mol. The zero-order valence-electron chi connectivity index (χ0n) is 12.2. The van der Waals surface area contributed by atoms with Crippen LogP contribution in [0.5, 0.6) is 11.5 Å². The van der Waals surface area contributed by atoms with Gasteiger partial charge in [0.25, 0.3) is 0 Å². The number of ether oxygens (including phenoxy) is 2. The van der Waals surface area contributed by atoms with Crippen molar-refractivity contribution in [3.63, 3.8) is 0 Å². The summed E-state index contributed by atoms with van der Waals surface area (Å²) in [6.45, 7) is 0.262. The van der Waals surface area contributed by atoms with Crippen molar-refractivity contribution in [1.29, 1.82) is 0 Å². The summed E-state index contributed by atoms with van der Waals surface area (Å²) in [6, 6.07) is 20.0. The molecular weight excluding hydrogens is 308 g/mol. The van der Waals surface area contributed by atoms with Gasteiger partial charge in [-0.3, -0.25) is 0 Å². The topological polar surface area (TPSA) is 42.5 Å². The van der Waals surface area contributed by atoms with Crippen LogP contribution in [0.1, 0.15) is 0 Å². The maximum Gasteiger partial charge on any atom is 0.231 e. The normalized spacial score (nSPS) is 12.2. The van der Waals surface area contributed by atoms with Gasteiger partial charge in [0.15, 0.2) is 16.6 Å². The van der Waals surface area contributed by atoms with Crippen LogP contribution in [0, 0.1) is 0 Å². The number of benzene rings is 3. The molecule has 3 aromatic carbocycles. The maximum absolute atomic E-state index is 5.37. The van der Waals surface area contributed by atoms with Crippen molar-refractivity contribution in [3.05, 3.63) is 60.7 Å². The first-order chi connectivity index (χ1) is 11.3. The molecule has 0 unspecified atom stereocenters. The largest absolute Gasteiger partial charge is 0.454 e. The van der Waals surface area contributed by atoms with Gasteiger partial charge in [0.05, 0.1) is 0 Å². The molecule has 0 bridgehead atoms. The van der Waals surface area contributed by atoms with Gasteiger partial charge in [-0.25, -0.2) is 0 Å². The molecule has 3 aromatic rings. The smallest absolute Gasteiger partial charge is 0.231 e. The van der Waals surface area contributed by atoms with E-state index in [-0.39, 0.29) is 6.79 Å². The summed E-state index contributed by atoms with van der Waals surface area (Å²) in [4.78, 5) is 0. The summed E-state index contributed by atoms with van der Waals surface area (Å²) < 4.78 is 10.7. The van der Waals surface area contributed by atoms with Crippen LogP contribution in [0.25, 0.3) is 10.8 Å². The van der Waals surface area contributed by atoms with Crippen LogP contribution >= 0.6 is 12.2 Å². The number of thiocarbonyl (C=S) groups is 1. The second-order valence-electron chi connectivity index (χ2n) is 5.21. The molecule has 2 N–H and O–H groups in total. The summed E-state index contributed by atoms with van der Waals surface area (Å²) in [5.41, 5.74) is 1.80.